The van der Waals surface area contributed by atoms with E-state index >= 15 is 0 Å². The van der Waals surface area contributed by atoms with Gasteiger partial charge in [0.1, 0.15) is 17.2 Å². The lowest BCUT2D eigenvalue weighted by Crippen LogP contribution is -2.57. The number of hydrogen-bond donors (Lipinski definition) is 0. The Bertz CT molecular complexity index is 1130. The highest BCUT2D eigenvalue weighted by Gasteiger charge is 2.46. The van der Waals surface area contributed by atoms with Crippen LogP contribution >= 0.6 is 0 Å². The van der Waals surface area contributed by atoms with Gasteiger partial charge in [0.05, 0.1) is 0 Å². The van der Waals surface area contributed by atoms with Crippen molar-refractivity contribution in [3.05, 3.63) is 29.3 Å². The van der Waals surface area contributed by atoms with Crippen molar-refractivity contribution in [1.29, 1.82) is 0 Å². The average Bonchev–Trinajstić information content (AvgIpc) is 3.13. The molecule has 1 aromatic carbocycles. The molecule has 2 heterocycles. The molecular formula is C29H41N3O7. The summed E-state index contributed by atoms with van der Waals surface area (Å²) in [5.41, 5.74) is 0.852. The van der Waals surface area contributed by atoms with Gasteiger partial charge in [-0.2, -0.15) is 4.90 Å². The summed E-state index contributed by atoms with van der Waals surface area (Å²) in [4.78, 5) is 67.7. The topological polar surface area (TPSA) is 114 Å². The van der Waals surface area contributed by atoms with Crippen LogP contribution in [-0.4, -0.2) is 70.4 Å². The molecule has 3 rings (SSSR count). The molecule has 0 aliphatic carbocycles. The highest BCUT2D eigenvalue weighted by atomic mass is 16.6. The Hall–Kier alpha value is -3.43. The van der Waals surface area contributed by atoms with Crippen LogP contribution in [-0.2, 0) is 30.4 Å². The van der Waals surface area contributed by atoms with Crippen LogP contribution in [0.4, 0.5) is 10.5 Å². The van der Waals surface area contributed by atoms with E-state index in [4.69, 9.17) is 9.47 Å². The predicted molar refractivity (Wildman–Crippen MR) is 145 cm³/mol. The number of carbonyl (C=O) groups is 5. The zero-order valence-electron chi connectivity index (χ0n) is 24.2. The molecule has 1 aromatic rings. The minimum absolute atomic E-state index is 0.0359. The number of rotatable bonds is 8. The maximum Gasteiger partial charge on any atom is 0.424 e. The van der Waals surface area contributed by atoms with Crippen LogP contribution in [0.5, 0.6) is 0 Å². The molecule has 10 nitrogen and oxygen atoms in total. The van der Waals surface area contributed by atoms with E-state index in [9.17, 15) is 24.0 Å². The quantitative estimate of drug-likeness (QED) is 0.269. The summed E-state index contributed by atoms with van der Waals surface area (Å²) in [7, 11) is 1.95. The van der Waals surface area contributed by atoms with Crippen molar-refractivity contribution in [3.8, 4) is 0 Å². The van der Waals surface area contributed by atoms with Crippen LogP contribution in [0.15, 0.2) is 18.2 Å². The van der Waals surface area contributed by atoms with Gasteiger partial charge in [-0.3, -0.25) is 19.2 Å². The molecule has 1 atom stereocenters. The number of unbranched alkanes of at least 4 members (excludes halogenated alkanes) is 2. The monoisotopic (exact) mass is 543 g/mol. The van der Waals surface area contributed by atoms with E-state index in [1.54, 1.807) is 26.8 Å². The fourth-order valence-corrected chi connectivity index (χ4v) is 4.81. The van der Waals surface area contributed by atoms with Crippen LogP contribution in [0.25, 0.3) is 0 Å². The predicted octanol–water partition coefficient (Wildman–Crippen LogP) is 4.43. The number of hydrogen-bond acceptors (Lipinski definition) is 8. The number of imide groups is 3. The van der Waals surface area contributed by atoms with Crippen LogP contribution < -0.4 is 4.90 Å². The van der Waals surface area contributed by atoms with Crippen LogP contribution in [0.3, 0.4) is 0 Å². The molecule has 10 heteroatoms. The van der Waals surface area contributed by atoms with Gasteiger partial charge in [-0.05, 0) is 72.9 Å². The smallest absolute Gasteiger partial charge is 0.424 e. The van der Waals surface area contributed by atoms with Crippen molar-refractivity contribution < 1.29 is 33.4 Å². The van der Waals surface area contributed by atoms with Gasteiger partial charge in [0.25, 0.3) is 11.8 Å². The number of carbonyl (C=O) groups excluding carboxylic acids is 5. The van der Waals surface area contributed by atoms with E-state index in [0.29, 0.717) is 16.9 Å². The maximum absolute atomic E-state index is 13.4. The van der Waals surface area contributed by atoms with Crippen molar-refractivity contribution in [2.24, 2.45) is 0 Å². The Labute approximate surface area is 230 Å². The molecule has 1 saturated heterocycles. The Kier molecular flexibility index (Phi) is 9.08. The first-order valence-electron chi connectivity index (χ1n) is 13.5. The summed E-state index contributed by atoms with van der Waals surface area (Å²) in [6.07, 6.45) is 1.93. The number of fused-ring (bicyclic) bond motifs is 1. The van der Waals surface area contributed by atoms with E-state index in [0.717, 1.165) is 37.1 Å². The van der Waals surface area contributed by atoms with Crippen molar-refractivity contribution in [2.75, 3.05) is 18.5 Å². The highest BCUT2D eigenvalue weighted by molar-refractivity contribution is 6.13. The minimum atomic E-state index is -1.02. The lowest BCUT2D eigenvalue weighted by molar-refractivity contribution is -0.155. The van der Waals surface area contributed by atoms with Gasteiger partial charge in [0.2, 0.25) is 5.91 Å². The minimum Gasteiger partial charge on any atom is -0.460 e. The van der Waals surface area contributed by atoms with Crippen molar-refractivity contribution in [2.45, 2.75) is 104 Å². The van der Waals surface area contributed by atoms with E-state index in [2.05, 4.69) is 4.90 Å². The summed E-state index contributed by atoms with van der Waals surface area (Å²) < 4.78 is 10.6. The molecule has 1 unspecified atom stereocenters. The summed E-state index contributed by atoms with van der Waals surface area (Å²) in [6.45, 7) is 11.4. The van der Waals surface area contributed by atoms with E-state index in [1.807, 2.05) is 40.0 Å². The average molecular weight is 544 g/mol. The standard InChI is InChI=1S/C29H41N3O7/c1-28(2,3)38-24(34)14-9-8-10-17-30(7)21-13-11-12-19-20(21)18-31(25(19)35)22-15-16-23(33)32(26(22)36)27(37)39-29(4,5)6/h11-13,22H,8-10,14-18H2,1-7H3. The lowest BCUT2D eigenvalue weighted by atomic mass is 10.0. The number of benzene rings is 1. The fraction of sp³-hybridized carbons (Fsp3) is 0.621. The summed E-state index contributed by atoms with van der Waals surface area (Å²) in [5.74, 6) is -1.85. The Morgan fingerprint density at radius 1 is 0.974 bits per heavy atom. The summed E-state index contributed by atoms with van der Waals surface area (Å²) in [6, 6.07) is 4.56. The van der Waals surface area contributed by atoms with Crippen LogP contribution in [0, 0.1) is 0 Å². The molecule has 0 bridgehead atoms. The Balaban J connectivity index is 1.64. The molecule has 4 amide bonds. The number of anilines is 1. The number of nitrogens with zero attached hydrogens (tertiary/aromatic N) is 3. The molecule has 0 spiro atoms. The number of esters is 1. The second-order valence-corrected chi connectivity index (χ2v) is 12.2. The van der Waals surface area contributed by atoms with Crippen molar-refractivity contribution >= 4 is 35.5 Å². The van der Waals surface area contributed by atoms with Crippen LogP contribution in [0.2, 0.25) is 0 Å². The van der Waals surface area contributed by atoms with Gasteiger partial charge in [-0.25, -0.2) is 4.79 Å². The molecule has 0 saturated carbocycles. The van der Waals surface area contributed by atoms with Gasteiger partial charge in [0, 0.05) is 49.8 Å². The first-order chi connectivity index (χ1) is 18.1. The van der Waals surface area contributed by atoms with Gasteiger partial charge < -0.3 is 19.3 Å². The zero-order chi connectivity index (χ0) is 29.1. The molecular weight excluding hydrogens is 502 g/mol. The first-order valence-corrected chi connectivity index (χ1v) is 13.5. The van der Waals surface area contributed by atoms with E-state index in [1.165, 1.54) is 4.90 Å². The number of piperidine rings is 1. The molecule has 1 fully saturated rings. The second-order valence-electron chi connectivity index (χ2n) is 12.2. The molecule has 39 heavy (non-hydrogen) atoms. The number of amides is 4. The van der Waals surface area contributed by atoms with Gasteiger partial charge in [0.15, 0.2) is 0 Å². The van der Waals surface area contributed by atoms with E-state index in [-0.39, 0.29) is 31.3 Å². The summed E-state index contributed by atoms with van der Waals surface area (Å²) in [5, 5.41) is 0. The van der Waals surface area contributed by atoms with E-state index < -0.39 is 35.2 Å². The number of ether oxygens (including phenoxy) is 2. The van der Waals surface area contributed by atoms with Gasteiger partial charge in [-0.1, -0.05) is 12.5 Å². The second kappa shape index (κ2) is 11.8. The highest BCUT2D eigenvalue weighted by Crippen LogP contribution is 2.35. The fourth-order valence-electron chi connectivity index (χ4n) is 4.81. The molecule has 0 radical (unpaired) electrons. The van der Waals surface area contributed by atoms with Crippen LogP contribution in [0.1, 0.15) is 96.0 Å². The van der Waals surface area contributed by atoms with Crippen molar-refractivity contribution in [1.82, 2.24) is 9.80 Å². The molecule has 0 aromatic heterocycles. The number of likely N-dealkylation sites (tertiary alicyclic amines) is 1. The Morgan fingerprint density at radius 2 is 1.64 bits per heavy atom. The zero-order valence-corrected chi connectivity index (χ0v) is 24.2. The van der Waals surface area contributed by atoms with Crippen molar-refractivity contribution in [3.63, 3.8) is 0 Å². The third-order valence-corrected chi connectivity index (χ3v) is 6.52. The Morgan fingerprint density at radius 3 is 2.28 bits per heavy atom. The molecule has 214 valence electrons. The summed E-state index contributed by atoms with van der Waals surface area (Å²) >= 11 is 0. The third kappa shape index (κ3) is 7.58. The lowest BCUT2D eigenvalue weighted by Gasteiger charge is -2.35. The first kappa shape index (κ1) is 30.1. The van der Waals surface area contributed by atoms with Gasteiger partial charge >= 0.3 is 12.1 Å². The molecule has 0 N–H and O–H groups in total. The molecule has 2 aliphatic rings. The van der Waals surface area contributed by atoms with Gasteiger partial charge in [-0.15, -0.1) is 0 Å². The SMILES string of the molecule is CN(CCCCCC(=O)OC(C)(C)C)c1cccc2c1CN(C1CCC(=O)N(C(=O)OC(C)(C)C)C1=O)C2=O. The normalized spacial score (nSPS) is 17.8. The molecule has 2 aliphatic heterocycles. The maximum atomic E-state index is 13.4. The largest absolute Gasteiger partial charge is 0.460 e. The third-order valence-electron chi connectivity index (χ3n) is 6.52.